The van der Waals surface area contributed by atoms with Crippen LogP contribution in [0.4, 0.5) is 5.82 Å². The first-order valence-electron chi connectivity index (χ1n) is 11.7. The van der Waals surface area contributed by atoms with Crippen LogP contribution in [0.2, 0.25) is 0 Å². The molecule has 3 aromatic rings. The molecule has 32 heavy (non-hydrogen) atoms. The molecule has 0 spiro atoms. The fourth-order valence-electron chi connectivity index (χ4n) is 5.12. The highest BCUT2D eigenvalue weighted by molar-refractivity contribution is 5.93. The quantitative estimate of drug-likeness (QED) is 0.622. The molecule has 0 unspecified atom stereocenters. The van der Waals surface area contributed by atoms with Crippen molar-refractivity contribution in [3.8, 4) is 0 Å². The SMILES string of the molecule is Cc1ccc2ccnc(NCC(=O)NC3CN(C4CCC(c5ccccn5)CC4)C3)c2c1. The Balaban J connectivity index is 1.06. The average molecular weight is 430 g/mol. The third kappa shape index (κ3) is 4.60. The number of hydrogen-bond acceptors (Lipinski definition) is 5. The number of anilines is 1. The maximum absolute atomic E-state index is 12.5. The molecule has 3 heterocycles. The smallest absolute Gasteiger partial charge is 0.239 e. The normalized spacial score (nSPS) is 21.8. The maximum Gasteiger partial charge on any atom is 0.239 e. The molecular formula is C26H31N5O. The molecule has 0 bridgehead atoms. The molecule has 2 aliphatic rings. The molecule has 1 amide bonds. The van der Waals surface area contributed by atoms with Gasteiger partial charge in [0.2, 0.25) is 5.91 Å². The zero-order chi connectivity index (χ0) is 21.9. The standard InChI is InChI=1S/C26H31N5O/c1-18-5-6-19-11-13-28-26(23(19)14-18)29-15-25(32)30-21-16-31(17-21)22-9-7-20(8-10-22)24-4-2-3-12-27-24/h2-6,11-14,20-22H,7-10,15-17H2,1H3,(H,28,29)(H,30,32). The summed E-state index contributed by atoms with van der Waals surface area (Å²) in [7, 11) is 0. The lowest BCUT2D eigenvalue weighted by atomic mass is 9.82. The van der Waals surface area contributed by atoms with E-state index in [0.717, 1.165) is 29.7 Å². The summed E-state index contributed by atoms with van der Waals surface area (Å²) in [5.41, 5.74) is 2.42. The minimum atomic E-state index is 0.0277. The Hall–Kier alpha value is -2.99. The van der Waals surface area contributed by atoms with Crippen LogP contribution in [0.25, 0.3) is 10.8 Å². The largest absolute Gasteiger partial charge is 0.360 e. The van der Waals surface area contributed by atoms with Gasteiger partial charge in [0.15, 0.2) is 0 Å². The molecule has 1 aromatic carbocycles. The topological polar surface area (TPSA) is 70.2 Å². The summed E-state index contributed by atoms with van der Waals surface area (Å²) in [6.07, 6.45) is 8.53. The van der Waals surface area contributed by atoms with Gasteiger partial charge in [0.1, 0.15) is 5.82 Å². The highest BCUT2D eigenvalue weighted by Gasteiger charge is 2.35. The van der Waals surface area contributed by atoms with Crippen LogP contribution in [0.1, 0.15) is 42.9 Å². The summed E-state index contributed by atoms with van der Waals surface area (Å²) in [5.74, 6) is 1.39. The molecule has 1 saturated carbocycles. The summed E-state index contributed by atoms with van der Waals surface area (Å²) in [6.45, 7) is 4.22. The third-order valence-corrected chi connectivity index (χ3v) is 6.93. The highest BCUT2D eigenvalue weighted by atomic mass is 16.2. The second-order valence-corrected chi connectivity index (χ2v) is 9.22. The molecule has 0 atom stereocenters. The fourth-order valence-corrected chi connectivity index (χ4v) is 5.12. The molecule has 0 radical (unpaired) electrons. The maximum atomic E-state index is 12.5. The van der Waals surface area contributed by atoms with E-state index in [1.807, 2.05) is 18.3 Å². The number of rotatable bonds is 6. The number of likely N-dealkylation sites (tertiary alicyclic amines) is 1. The number of carbonyl (C=O) groups is 1. The average Bonchev–Trinajstić information content (AvgIpc) is 2.80. The van der Waals surface area contributed by atoms with Gasteiger partial charge in [-0.15, -0.1) is 0 Å². The van der Waals surface area contributed by atoms with E-state index in [-0.39, 0.29) is 18.5 Å². The summed E-state index contributed by atoms with van der Waals surface area (Å²) in [4.78, 5) is 24.0. The van der Waals surface area contributed by atoms with Crippen LogP contribution in [-0.4, -0.2) is 52.5 Å². The Morgan fingerprint density at radius 1 is 1.03 bits per heavy atom. The van der Waals surface area contributed by atoms with Crippen molar-refractivity contribution in [2.45, 2.75) is 50.6 Å². The van der Waals surface area contributed by atoms with Gasteiger partial charge in [-0.2, -0.15) is 0 Å². The van der Waals surface area contributed by atoms with Crippen molar-refractivity contribution < 1.29 is 4.79 Å². The summed E-state index contributed by atoms with van der Waals surface area (Å²) in [6, 6.07) is 15.4. The lowest BCUT2D eigenvalue weighted by Crippen LogP contribution is -2.63. The van der Waals surface area contributed by atoms with Crippen molar-refractivity contribution in [1.29, 1.82) is 0 Å². The second-order valence-electron chi connectivity index (χ2n) is 9.22. The van der Waals surface area contributed by atoms with Gasteiger partial charge >= 0.3 is 0 Å². The molecule has 6 nitrogen and oxygen atoms in total. The highest BCUT2D eigenvalue weighted by Crippen LogP contribution is 2.35. The lowest BCUT2D eigenvalue weighted by molar-refractivity contribution is -0.121. The Morgan fingerprint density at radius 2 is 1.88 bits per heavy atom. The van der Waals surface area contributed by atoms with E-state index in [4.69, 9.17) is 0 Å². The molecule has 166 valence electrons. The minimum Gasteiger partial charge on any atom is -0.360 e. The fraction of sp³-hybridized carbons (Fsp3) is 0.423. The monoisotopic (exact) mass is 429 g/mol. The van der Waals surface area contributed by atoms with Crippen LogP contribution in [0.15, 0.2) is 54.9 Å². The van der Waals surface area contributed by atoms with E-state index in [1.54, 1.807) is 6.20 Å². The summed E-state index contributed by atoms with van der Waals surface area (Å²) >= 11 is 0. The van der Waals surface area contributed by atoms with E-state index < -0.39 is 0 Å². The predicted molar refractivity (Wildman–Crippen MR) is 128 cm³/mol. The molecule has 1 aliphatic carbocycles. The third-order valence-electron chi connectivity index (χ3n) is 6.93. The molecule has 5 rings (SSSR count). The second kappa shape index (κ2) is 9.25. The van der Waals surface area contributed by atoms with Crippen LogP contribution in [0.3, 0.4) is 0 Å². The molecule has 6 heteroatoms. The van der Waals surface area contributed by atoms with Crippen molar-refractivity contribution in [3.63, 3.8) is 0 Å². The Morgan fingerprint density at radius 3 is 2.66 bits per heavy atom. The Labute approximate surface area is 189 Å². The van der Waals surface area contributed by atoms with Gasteiger partial charge in [0, 0.05) is 48.5 Å². The minimum absolute atomic E-state index is 0.0277. The van der Waals surface area contributed by atoms with Gasteiger partial charge in [-0.25, -0.2) is 4.98 Å². The molecular weight excluding hydrogens is 398 g/mol. The number of carbonyl (C=O) groups excluding carboxylic acids is 1. The van der Waals surface area contributed by atoms with Crippen molar-refractivity contribution in [1.82, 2.24) is 20.2 Å². The number of amides is 1. The first-order chi connectivity index (χ1) is 15.7. The summed E-state index contributed by atoms with van der Waals surface area (Å²) < 4.78 is 0. The first kappa shape index (κ1) is 20.9. The summed E-state index contributed by atoms with van der Waals surface area (Å²) in [5, 5.41) is 8.57. The van der Waals surface area contributed by atoms with Crippen LogP contribution in [-0.2, 0) is 4.79 Å². The number of hydrogen-bond donors (Lipinski definition) is 2. The zero-order valence-corrected chi connectivity index (χ0v) is 18.6. The van der Waals surface area contributed by atoms with E-state index in [2.05, 4.69) is 62.8 Å². The van der Waals surface area contributed by atoms with Crippen LogP contribution < -0.4 is 10.6 Å². The molecule has 1 aliphatic heterocycles. The Kier molecular flexibility index (Phi) is 6.04. The number of pyridine rings is 2. The lowest BCUT2D eigenvalue weighted by Gasteiger charge is -2.46. The van der Waals surface area contributed by atoms with Gasteiger partial charge < -0.3 is 10.6 Å². The van der Waals surface area contributed by atoms with E-state index in [0.29, 0.717) is 12.0 Å². The van der Waals surface area contributed by atoms with E-state index >= 15 is 0 Å². The molecule has 2 N–H and O–H groups in total. The number of aromatic nitrogens is 2. The zero-order valence-electron chi connectivity index (χ0n) is 18.6. The van der Waals surface area contributed by atoms with Gasteiger partial charge in [-0.05, 0) is 62.3 Å². The Bertz CT molecular complexity index is 1070. The van der Waals surface area contributed by atoms with Crippen LogP contribution in [0.5, 0.6) is 0 Å². The van der Waals surface area contributed by atoms with Gasteiger partial charge in [-0.3, -0.25) is 14.7 Å². The van der Waals surface area contributed by atoms with E-state index in [1.165, 1.54) is 36.9 Å². The number of nitrogens with zero attached hydrogens (tertiary/aromatic N) is 3. The van der Waals surface area contributed by atoms with Crippen molar-refractivity contribution >= 4 is 22.5 Å². The molecule has 1 saturated heterocycles. The first-order valence-corrected chi connectivity index (χ1v) is 11.7. The van der Waals surface area contributed by atoms with Gasteiger partial charge in [0.25, 0.3) is 0 Å². The van der Waals surface area contributed by atoms with Gasteiger partial charge in [0.05, 0.1) is 12.6 Å². The van der Waals surface area contributed by atoms with Crippen LogP contribution in [0, 0.1) is 6.92 Å². The molecule has 2 aromatic heterocycles. The number of aryl methyl sites for hydroxylation is 1. The number of nitrogens with one attached hydrogen (secondary N) is 2. The van der Waals surface area contributed by atoms with Crippen LogP contribution >= 0.6 is 0 Å². The van der Waals surface area contributed by atoms with Gasteiger partial charge in [-0.1, -0.05) is 23.8 Å². The van der Waals surface area contributed by atoms with Crippen molar-refractivity contribution in [2.75, 3.05) is 25.0 Å². The van der Waals surface area contributed by atoms with E-state index in [9.17, 15) is 4.79 Å². The van der Waals surface area contributed by atoms with Crippen molar-refractivity contribution in [2.24, 2.45) is 0 Å². The molecule has 2 fully saturated rings. The number of benzene rings is 1. The predicted octanol–water partition coefficient (Wildman–Crippen LogP) is 3.88. The van der Waals surface area contributed by atoms with Crippen molar-refractivity contribution in [3.05, 3.63) is 66.1 Å². The number of fused-ring (bicyclic) bond motifs is 1.